The molecule has 1 amide bonds. The van der Waals surface area contributed by atoms with E-state index < -0.39 is 40.8 Å². The molecule has 0 saturated carbocycles. The maximum Gasteiger partial charge on any atom is 0.308 e. The second kappa shape index (κ2) is 14.6. The first-order valence-electron chi connectivity index (χ1n) is 15.0. The third-order valence-corrected chi connectivity index (χ3v) is 7.86. The number of benzene rings is 3. The lowest BCUT2D eigenvalue weighted by Gasteiger charge is -2.27. The Morgan fingerprint density at radius 3 is 2.22 bits per heavy atom. The number of hydrogen-bond donors (Lipinski definition) is 4. The first-order valence-corrected chi connectivity index (χ1v) is 15.0. The number of pyridine rings is 1. The van der Waals surface area contributed by atoms with Gasteiger partial charge in [-0.1, -0.05) is 44.5 Å². The van der Waals surface area contributed by atoms with Gasteiger partial charge >= 0.3 is 5.97 Å². The summed E-state index contributed by atoms with van der Waals surface area (Å²) in [6, 6.07) is 14.9. The smallest absolute Gasteiger partial charge is 0.308 e. The molecule has 3 aromatic carbocycles. The highest BCUT2D eigenvalue weighted by Crippen LogP contribution is 2.38. The number of carbonyl (C=O) groups excluding carboxylic acids is 1. The number of nitrogens with two attached hydrogens (primary N) is 1. The van der Waals surface area contributed by atoms with E-state index in [9.17, 15) is 29.7 Å². The van der Waals surface area contributed by atoms with Crippen LogP contribution in [0.25, 0.3) is 10.8 Å². The molecule has 4 aromatic rings. The van der Waals surface area contributed by atoms with Gasteiger partial charge in [0.2, 0.25) is 5.88 Å². The van der Waals surface area contributed by atoms with Crippen LogP contribution in [0.2, 0.25) is 0 Å². The Hall–Kier alpha value is -5.39. The number of aromatic nitrogens is 1. The largest absolute Gasteiger partial charge is 0.507 e. The average Bonchev–Trinajstić information content (AvgIpc) is 3.03. The van der Waals surface area contributed by atoms with Crippen LogP contribution in [0, 0.1) is 19.8 Å². The molecule has 1 heterocycles. The number of nitrogens with zero attached hydrogens (tertiary/aromatic N) is 3. The Morgan fingerprint density at radius 1 is 0.957 bits per heavy atom. The molecule has 0 aliphatic rings. The Morgan fingerprint density at radius 2 is 1.61 bits per heavy atom. The lowest BCUT2D eigenvalue weighted by molar-refractivity contribution is -0.143. The Kier molecular flexibility index (Phi) is 10.6. The van der Waals surface area contributed by atoms with Crippen molar-refractivity contribution in [1.82, 2.24) is 4.57 Å². The third-order valence-electron chi connectivity index (χ3n) is 7.86. The number of aromatic hydroxyl groups is 2. The number of ether oxygens (including phenoxy) is 2. The lowest BCUT2D eigenvalue weighted by atomic mass is 9.92. The van der Waals surface area contributed by atoms with Crippen molar-refractivity contribution in [1.29, 1.82) is 0 Å². The molecule has 242 valence electrons. The molecule has 0 radical (unpaired) electrons. The van der Waals surface area contributed by atoms with E-state index in [1.54, 1.807) is 37.3 Å². The minimum absolute atomic E-state index is 0.0313. The molecule has 46 heavy (non-hydrogen) atoms. The maximum atomic E-state index is 13.3. The van der Waals surface area contributed by atoms with Gasteiger partial charge in [-0.15, -0.1) is 5.11 Å². The molecule has 2 atom stereocenters. The summed E-state index contributed by atoms with van der Waals surface area (Å²) >= 11 is 0. The van der Waals surface area contributed by atoms with Gasteiger partial charge in [0.05, 0.1) is 17.6 Å². The van der Waals surface area contributed by atoms with E-state index in [0.29, 0.717) is 34.6 Å². The predicted molar refractivity (Wildman–Crippen MR) is 173 cm³/mol. The normalized spacial score (nSPS) is 12.7. The molecule has 0 saturated heterocycles. The summed E-state index contributed by atoms with van der Waals surface area (Å²) in [7, 11) is 0. The molecule has 2 unspecified atom stereocenters. The summed E-state index contributed by atoms with van der Waals surface area (Å²) in [6.45, 7) is 7.24. The number of phenols is 1. The molecule has 12 nitrogen and oxygen atoms in total. The molecule has 0 aliphatic heterocycles. The number of amides is 1. The van der Waals surface area contributed by atoms with Crippen molar-refractivity contribution < 1.29 is 34.4 Å². The minimum atomic E-state index is -1.12. The minimum Gasteiger partial charge on any atom is -0.507 e. The van der Waals surface area contributed by atoms with Crippen LogP contribution in [0.1, 0.15) is 60.6 Å². The zero-order valence-electron chi connectivity index (χ0n) is 26.2. The fourth-order valence-electron chi connectivity index (χ4n) is 5.54. The molecule has 4 rings (SSSR count). The van der Waals surface area contributed by atoms with Crippen LogP contribution in [0.3, 0.4) is 0 Å². The van der Waals surface area contributed by atoms with E-state index >= 15 is 0 Å². The zero-order valence-corrected chi connectivity index (χ0v) is 26.2. The van der Waals surface area contributed by atoms with Gasteiger partial charge < -0.3 is 30.5 Å². The monoisotopic (exact) mass is 630 g/mol. The van der Waals surface area contributed by atoms with Gasteiger partial charge in [-0.2, -0.15) is 5.11 Å². The van der Waals surface area contributed by atoms with Crippen molar-refractivity contribution >= 4 is 34.0 Å². The van der Waals surface area contributed by atoms with Gasteiger partial charge in [0, 0.05) is 16.3 Å². The van der Waals surface area contributed by atoms with Crippen LogP contribution >= 0.6 is 0 Å². The highest BCUT2D eigenvalue weighted by atomic mass is 16.5. The van der Waals surface area contributed by atoms with E-state index in [1.807, 2.05) is 38.1 Å². The van der Waals surface area contributed by atoms with E-state index in [2.05, 4.69) is 10.2 Å². The second-order valence-corrected chi connectivity index (χ2v) is 10.9. The van der Waals surface area contributed by atoms with Crippen LogP contribution in [0.4, 0.5) is 11.4 Å². The summed E-state index contributed by atoms with van der Waals surface area (Å²) in [5, 5.41) is 41.2. The third kappa shape index (κ3) is 6.96. The first-order chi connectivity index (χ1) is 22.0. The lowest BCUT2D eigenvalue weighted by Crippen LogP contribution is -2.37. The highest BCUT2D eigenvalue weighted by molar-refractivity contribution is 5.96. The molecule has 0 aliphatic carbocycles. The molecule has 0 bridgehead atoms. The standard InChI is InChI=1S/C34H38N4O8/c1-5-9-25(34(43)44)26(6-2)38-32(41)28(31(35)40)20(4)29(33(38)42)37-36-21-12-14-22(15-13-21)45-16-17-46-27-18-19(3)30(39)24-11-8-7-10-23(24)27/h7-8,10-15,18,25-26,39,42H,5-6,9,16-17H2,1-4H3,(H2,35,40)(H,43,44). The number of phenolic OH excluding ortho intramolecular Hbond substituents is 1. The summed E-state index contributed by atoms with van der Waals surface area (Å²) in [5.74, 6) is -2.33. The zero-order chi connectivity index (χ0) is 33.5. The van der Waals surface area contributed by atoms with Crippen molar-refractivity contribution in [3.63, 3.8) is 0 Å². The summed E-state index contributed by atoms with van der Waals surface area (Å²) in [5.41, 5.74) is 5.21. The number of hydrogen-bond acceptors (Lipinski definition) is 9. The molecule has 5 N–H and O–H groups in total. The number of aliphatic carboxylic acids is 1. The maximum absolute atomic E-state index is 13.3. The Balaban J connectivity index is 1.52. The first kappa shape index (κ1) is 33.5. The molecule has 0 fully saturated rings. The highest BCUT2D eigenvalue weighted by Gasteiger charge is 2.33. The number of fused-ring (bicyclic) bond motifs is 1. The number of carbonyl (C=O) groups is 2. The quantitative estimate of drug-likeness (QED) is 0.0903. The summed E-state index contributed by atoms with van der Waals surface area (Å²) in [4.78, 5) is 37.7. The van der Waals surface area contributed by atoms with Crippen molar-refractivity contribution in [3.05, 3.63) is 81.6 Å². The van der Waals surface area contributed by atoms with Crippen molar-refractivity contribution in [3.8, 4) is 23.1 Å². The van der Waals surface area contributed by atoms with Gasteiger partial charge in [0.1, 0.15) is 41.7 Å². The molecular weight excluding hydrogens is 592 g/mol. The van der Waals surface area contributed by atoms with Crippen LogP contribution in [-0.4, -0.2) is 45.0 Å². The van der Waals surface area contributed by atoms with Crippen LogP contribution in [0.5, 0.6) is 23.1 Å². The van der Waals surface area contributed by atoms with E-state index in [4.69, 9.17) is 15.2 Å². The van der Waals surface area contributed by atoms with Crippen molar-refractivity contribution in [2.24, 2.45) is 21.9 Å². The Bertz CT molecular complexity index is 1830. The molecule has 12 heteroatoms. The number of carboxylic acid groups (broad SMARTS) is 1. The van der Waals surface area contributed by atoms with Gasteiger partial charge in [-0.05, 0) is 62.6 Å². The summed E-state index contributed by atoms with van der Waals surface area (Å²) < 4.78 is 12.6. The average molecular weight is 631 g/mol. The summed E-state index contributed by atoms with van der Waals surface area (Å²) in [6.07, 6.45) is 0.982. The second-order valence-electron chi connectivity index (χ2n) is 10.9. The Labute approximate surface area is 265 Å². The van der Waals surface area contributed by atoms with Gasteiger partial charge in [0.15, 0.2) is 0 Å². The SMILES string of the molecule is CCCC(C(=O)O)C(CC)n1c(O)c(N=Nc2ccc(OCCOc3cc(C)c(O)c4ccccc34)cc2)c(C)c(C(N)=O)c1=O. The van der Waals surface area contributed by atoms with Gasteiger partial charge in [-0.25, -0.2) is 0 Å². The van der Waals surface area contributed by atoms with Crippen LogP contribution < -0.4 is 20.8 Å². The van der Waals surface area contributed by atoms with Gasteiger partial charge in [-0.3, -0.25) is 19.0 Å². The number of carboxylic acids is 1. The fraction of sp³-hybridized carbons (Fsp3) is 0.324. The number of rotatable bonds is 14. The number of aryl methyl sites for hydroxylation is 1. The molecule has 0 spiro atoms. The van der Waals surface area contributed by atoms with Crippen molar-refractivity contribution in [2.75, 3.05) is 13.2 Å². The van der Waals surface area contributed by atoms with Crippen LogP contribution in [-0.2, 0) is 4.79 Å². The fourth-order valence-corrected chi connectivity index (χ4v) is 5.54. The van der Waals surface area contributed by atoms with E-state index in [-0.39, 0.29) is 43.1 Å². The topological polar surface area (TPSA) is 186 Å². The van der Waals surface area contributed by atoms with Gasteiger partial charge in [0.25, 0.3) is 11.5 Å². The van der Waals surface area contributed by atoms with Crippen LogP contribution in [0.15, 0.2) is 69.6 Å². The van der Waals surface area contributed by atoms with E-state index in [0.717, 1.165) is 9.95 Å². The molecule has 1 aromatic heterocycles. The number of primary amides is 1. The molecular formula is C34H38N4O8. The number of azo groups is 1. The van der Waals surface area contributed by atoms with Crippen molar-refractivity contribution in [2.45, 2.75) is 53.0 Å². The van der Waals surface area contributed by atoms with E-state index in [1.165, 1.54) is 6.92 Å². The predicted octanol–water partition coefficient (Wildman–Crippen LogP) is 6.45.